The zero-order chi connectivity index (χ0) is 17.8. The van der Waals surface area contributed by atoms with Gasteiger partial charge in [0.05, 0.1) is 11.1 Å². The summed E-state index contributed by atoms with van der Waals surface area (Å²) in [5.41, 5.74) is 0.392. The Morgan fingerprint density at radius 2 is 1.76 bits per heavy atom. The van der Waals surface area contributed by atoms with Crippen LogP contribution in [-0.2, 0) is 0 Å². The van der Waals surface area contributed by atoms with Gasteiger partial charge in [0.2, 0.25) is 0 Å². The molecule has 128 valence electrons. The smallest absolute Gasteiger partial charge is 0.347 e. The Bertz CT molecular complexity index is 922. The summed E-state index contributed by atoms with van der Waals surface area (Å²) in [5.74, 6) is 0.542. The minimum atomic E-state index is -0.455. The zero-order valence-corrected chi connectivity index (χ0v) is 16.8. The number of benzene rings is 3. The van der Waals surface area contributed by atoms with Crippen LogP contribution in [-0.4, -0.2) is 12.6 Å². The molecule has 0 saturated heterocycles. The monoisotopic (exact) mass is 462 g/mol. The molecule has 0 spiro atoms. The number of halogens is 2. The highest BCUT2D eigenvalue weighted by atomic mass is 79.9. The van der Waals surface area contributed by atoms with Gasteiger partial charge in [-0.15, -0.1) is 0 Å². The summed E-state index contributed by atoms with van der Waals surface area (Å²) in [6.07, 6.45) is 0.862. The van der Waals surface area contributed by atoms with Crippen molar-refractivity contribution >= 4 is 48.6 Å². The maximum absolute atomic E-state index is 12.7. The normalized spacial score (nSPS) is 10.7. The molecule has 0 amide bonds. The van der Waals surface area contributed by atoms with Crippen LogP contribution in [0.15, 0.2) is 63.5 Å². The second-order valence-corrected chi connectivity index (χ2v) is 7.19. The lowest BCUT2D eigenvalue weighted by Gasteiger charge is -2.12. The van der Waals surface area contributed by atoms with Crippen LogP contribution in [0.2, 0.25) is 0 Å². The molecule has 0 unspecified atom stereocenters. The first kappa shape index (κ1) is 18.0. The number of esters is 1. The molecule has 0 aromatic heterocycles. The van der Waals surface area contributed by atoms with Gasteiger partial charge in [-0.05, 0) is 57.4 Å². The molecule has 0 aliphatic heterocycles. The largest absolute Gasteiger partial charge is 0.493 e. The summed E-state index contributed by atoms with van der Waals surface area (Å²) in [5, 5.41) is 2.06. The average Bonchev–Trinajstić information content (AvgIpc) is 2.63. The van der Waals surface area contributed by atoms with E-state index in [1.807, 2.05) is 43.3 Å². The van der Waals surface area contributed by atoms with Crippen LogP contribution in [0.5, 0.6) is 11.5 Å². The summed E-state index contributed by atoms with van der Waals surface area (Å²) in [7, 11) is 0. The predicted octanol–water partition coefficient (Wildman–Crippen LogP) is 6.37. The Morgan fingerprint density at radius 1 is 1.00 bits per heavy atom. The van der Waals surface area contributed by atoms with E-state index < -0.39 is 5.97 Å². The van der Waals surface area contributed by atoms with Crippen molar-refractivity contribution in [1.29, 1.82) is 0 Å². The Kier molecular flexibility index (Phi) is 5.76. The van der Waals surface area contributed by atoms with E-state index in [-0.39, 0.29) is 0 Å². The van der Waals surface area contributed by atoms with E-state index in [1.54, 1.807) is 18.2 Å². The van der Waals surface area contributed by atoms with Gasteiger partial charge in [0.25, 0.3) is 0 Å². The van der Waals surface area contributed by atoms with Gasteiger partial charge in [0.1, 0.15) is 17.1 Å². The predicted molar refractivity (Wildman–Crippen MR) is 107 cm³/mol. The minimum Gasteiger partial charge on any atom is -0.493 e. The van der Waals surface area contributed by atoms with Crippen molar-refractivity contribution in [3.63, 3.8) is 0 Å². The molecule has 0 saturated carbocycles. The quantitative estimate of drug-likeness (QED) is 0.325. The van der Waals surface area contributed by atoms with E-state index >= 15 is 0 Å². The lowest BCUT2D eigenvalue weighted by molar-refractivity contribution is 0.0729. The van der Waals surface area contributed by atoms with Crippen LogP contribution in [0.4, 0.5) is 0 Å². The van der Waals surface area contributed by atoms with Crippen molar-refractivity contribution in [3.05, 3.63) is 69.1 Å². The summed E-state index contributed by atoms with van der Waals surface area (Å²) in [6, 6.07) is 16.9. The second kappa shape index (κ2) is 8.02. The fourth-order valence-electron chi connectivity index (χ4n) is 2.45. The van der Waals surface area contributed by atoms with Crippen LogP contribution in [0.1, 0.15) is 23.7 Å². The number of carbonyl (C=O) groups excluding carboxylic acids is 1. The first-order chi connectivity index (χ1) is 12.1. The van der Waals surface area contributed by atoms with Gasteiger partial charge >= 0.3 is 5.97 Å². The summed E-state index contributed by atoms with van der Waals surface area (Å²) in [4.78, 5) is 12.7. The lowest BCUT2D eigenvalue weighted by atomic mass is 10.1. The molecule has 0 atom stereocenters. The van der Waals surface area contributed by atoms with Crippen LogP contribution >= 0.6 is 31.9 Å². The number of rotatable bonds is 5. The van der Waals surface area contributed by atoms with Gasteiger partial charge in [-0.1, -0.05) is 53.2 Å². The van der Waals surface area contributed by atoms with Gasteiger partial charge in [-0.25, -0.2) is 4.79 Å². The fourth-order valence-corrected chi connectivity index (χ4v) is 3.38. The third-order valence-corrected chi connectivity index (χ3v) is 4.96. The third kappa shape index (κ3) is 4.05. The van der Waals surface area contributed by atoms with Gasteiger partial charge < -0.3 is 9.47 Å². The molecule has 0 N–H and O–H groups in total. The van der Waals surface area contributed by atoms with Crippen LogP contribution < -0.4 is 9.47 Å². The molecule has 3 aromatic rings. The standard InChI is InChI=1S/C20H16Br2O3/c1-2-11-24-17-10-8-14(21)12-16(17)20(23)25-18-9-7-13-5-3-4-6-15(13)19(18)22/h3-10,12H,2,11H2,1H3. The number of carbonyl (C=O) groups is 1. The summed E-state index contributed by atoms with van der Waals surface area (Å²) < 4.78 is 12.8. The van der Waals surface area contributed by atoms with Gasteiger partial charge in [-0.2, -0.15) is 0 Å². The van der Waals surface area contributed by atoms with Crippen molar-refractivity contribution in [2.75, 3.05) is 6.61 Å². The Hall–Kier alpha value is -1.85. The molecule has 0 aliphatic carbocycles. The average molecular weight is 464 g/mol. The van der Waals surface area contributed by atoms with Crippen LogP contribution in [0.25, 0.3) is 10.8 Å². The number of hydrogen-bond acceptors (Lipinski definition) is 3. The van der Waals surface area contributed by atoms with E-state index in [2.05, 4.69) is 31.9 Å². The van der Waals surface area contributed by atoms with E-state index in [4.69, 9.17) is 9.47 Å². The van der Waals surface area contributed by atoms with Crippen molar-refractivity contribution in [2.45, 2.75) is 13.3 Å². The van der Waals surface area contributed by atoms with Gasteiger partial charge in [-0.3, -0.25) is 0 Å². The maximum Gasteiger partial charge on any atom is 0.347 e. The highest BCUT2D eigenvalue weighted by Crippen LogP contribution is 2.34. The van der Waals surface area contributed by atoms with E-state index in [1.165, 1.54) is 0 Å². The lowest BCUT2D eigenvalue weighted by Crippen LogP contribution is -2.11. The topological polar surface area (TPSA) is 35.5 Å². The molecule has 0 fully saturated rings. The van der Waals surface area contributed by atoms with Crippen molar-refractivity contribution in [1.82, 2.24) is 0 Å². The minimum absolute atomic E-state index is 0.392. The Labute approximate surface area is 163 Å². The fraction of sp³-hybridized carbons (Fsp3) is 0.150. The molecule has 3 aromatic carbocycles. The van der Waals surface area contributed by atoms with Crippen LogP contribution in [0, 0.1) is 0 Å². The summed E-state index contributed by atoms with van der Waals surface area (Å²) >= 11 is 6.93. The molecule has 3 nitrogen and oxygen atoms in total. The van der Waals surface area contributed by atoms with Crippen molar-refractivity contribution in [3.8, 4) is 11.5 Å². The Morgan fingerprint density at radius 3 is 2.56 bits per heavy atom. The molecular weight excluding hydrogens is 448 g/mol. The number of fused-ring (bicyclic) bond motifs is 1. The van der Waals surface area contributed by atoms with E-state index in [0.29, 0.717) is 23.7 Å². The van der Waals surface area contributed by atoms with Crippen molar-refractivity contribution < 1.29 is 14.3 Å². The SMILES string of the molecule is CCCOc1ccc(Br)cc1C(=O)Oc1ccc2ccccc2c1Br. The molecule has 5 heteroatoms. The maximum atomic E-state index is 12.7. The molecule has 0 aliphatic rings. The number of ether oxygens (including phenoxy) is 2. The highest BCUT2D eigenvalue weighted by molar-refractivity contribution is 9.11. The summed E-state index contributed by atoms with van der Waals surface area (Å²) in [6.45, 7) is 2.56. The van der Waals surface area contributed by atoms with Gasteiger partial charge in [0, 0.05) is 4.47 Å². The van der Waals surface area contributed by atoms with Crippen molar-refractivity contribution in [2.24, 2.45) is 0 Å². The van der Waals surface area contributed by atoms with Gasteiger partial charge in [0.15, 0.2) is 0 Å². The first-order valence-corrected chi connectivity index (χ1v) is 9.50. The van der Waals surface area contributed by atoms with E-state index in [0.717, 1.165) is 26.1 Å². The second-order valence-electron chi connectivity index (χ2n) is 5.48. The molecule has 0 heterocycles. The third-order valence-electron chi connectivity index (χ3n) is 3.65. The molecule has 3 rings (SSSR count). The highest BCUT2D eigenvalue weighted by Gasteiger charge is 2.18. The first-order valence-electron chi connectivity index (χ1n) is 7.92. The van der Waals surface area contributed by atoms with E-state index in [9.17, 15) is 4.79 Å². The molecule has 25 heavy (non-hydrogen) atoms. The number of hydrogen-bond donors (Lipinski definition) is 0. The van der Waals surface area contributed by atoms with Crippen LogP contribution in [0.3, 0.4) is 0 Å². The zero-order valence-electron chi connectivity index (χ0n) is 13.6. The molecule has 0 radical (unpaired) electrons. The molecular formula is C20H16Br2O3. The molecule has 0 bridgehead atoms. The Balaban J connectivity index is 1.92.